The van der Waals surface area contributed by atoms with Gasteiger partial charge >= 0.3 is 6.09 Å². The first-order chi connectivity index (χ1) is 16.7. The molecule has 2 aromatic carbocycles. The maximum Gasteiger partial charge on any atom is 0.412 e. The van der Waals surface area contributed by atoms with Crippen molar-refractivity contribution in [3.8, 4) is 11.1 Å². The summed E-state index contributed by atoms with van der Waals surface area (Å²) in [6, 6.07) is 17.3. The number of nitrogens with one attached hydrogen (secondary N) is 2. The van der Waals surface area contributed by atoms with Crippen LogP contribution >= 0.6 is 11.6 Å². The van der Waals surface area contributed by atoms with Crippen molar-refractivity contribution in [2.75, 3.05) is 10.6 Å². The van der Waals surface area contributed by atoms with Gasteiger partial charge in [-0.05, 0) is 75.1 Å². The number of allylic oxidation sites excluding steroid dienone is 1. The number of halogens is 1. The Bertz CT molecular complexity index is 1280. The molecule has 0 radical (unpaired) electrons. The molecule has 35 heavy (non-hydrogen) atoms. The Balaban J connectivity index is 1.74. The van der Waals surface area contributed by atoms with Crippen LogP contribution in [0.2, 0.25) is 5.02 Å². The van der Waals surface area contributed by atoms with E-state index < -0.39 is 11.7 Å². The Kier molecular flexibility index (Phi) is 7.22. The average molecular weight is 490 g/mol. The zero-order valence-electron chi connectivity index (χ0n) is 20.0. The molecule has 2 heterocycles. The Morgan fingerprint density at radius 3 is 2.63 bits per heavy atom. The molecule has 1 aliphatic rings. The van der Waals surface area contributed by atoms with Crippen LogP contribution in [0.25, 0.3) is 16.7 Å². The van der Waals surface area contributed by atoms with Crippen LogP contribution in [0, 0.1) is 0 Å². The third-order valence-electron chi connectivity index (χ3n) is 5.38. The number of ether oxygens (including phenoxy) is 1. The zero-order chi connectivity index (χ0) is 25.0. The fourth-order valence-electron chi connectivity index (χ4n) is 3.88. The van der Waals surface area contributed by atoms with Crippen LogP contribution in [0.5, 0.6) is 0 Å². The SMILES string of the molecule is CC(C)(C)OC(=O)Nc1ccc2c(c1)NC(=O)CCCC=C(c1ccc(Cl)cn1)c1cccc-2c1. The lowest BCUT2D eigenvalue weighted by atomic mass is 9.94. The van der Waals surface area contributed by atoms with Gasteiger partial charge in [0.1, 0.15) is 5.60 Å². The van der Waals surface area contributed by atoms with E-state index >= 15 is 0 Å². The second-order valence-electron chi connectivity index (χ2n) is 9.39. The van der Waals surface area contributed by atoms with Crippen LogP contribution in [0.1, 0.15) is 51.3 Å². The highest BCUT2D eigenvalue weighted by atomic mass is 35.5. The van der Waals surface area contributed by atoms with Crippen molar-refractivity contribution >= 4 is 40.5 Å². The minimum atomic E-state index is -0.612. The number of amides is 2. The molecule has 1 aromatic heterocycles. The van der Waals surface area contributed by atoms with Crippen LogP contribution < -0.4 is 10.6 Å². The molecule has 0 unspecified atom stereocenters. The molecule has 2 N–H and O–H groups in total. The van der Waals surface area contributed by atoms with E-state index in [1.807, 2.05) is 36.4 Å². The maximum absolute atomic E-state index is 12.7. The van der Waals surface area contributed by atoms with Gasteiger partial charge in [0.25, 0.3) is 0 Å². The summed E-state index contributed by atoms with van der Waals surface area (Å²) in [5.41, 5.74) is 5.16. The Morgan fingerprint density at radius 2 is 1.89 bits per heavy atom. The van der Waals surface area contributed by atoms with E-state index in [0.29, 0.717) is 29.2 Å². The number of carbonyl (C=O) groups is 2. The number of carbonyl (C=O) groups excluding carboxylic acids is 2. The molecule has 4 rings (SSSR count). The number of hydrogen-bond donors (Lipinski definition) is 2. The van der Waals surface area contributed by atoms with Crippen molar-refractivity contribution in [1.29, 1.82) is 0 Å². The molecule has 2 amide bonds. The quantitative estimate of drug-likeness (QED) is 0.395. The lowest BCUT2D eigenvalue weighted by Crippen LogP contribution is -2.27. The van der Waals surface area contributed by atoms with Gasteiger partial charge in [-0.25, -0.2) is 4.79 Å². The molecule has 6 nitrogen and oxygen atoms in total. The van der Waals surface area contributed by atoms with Crippen molar-refractivity contribution < 1.29 is 14.3 Å². The lowest BCUT2D eigenvalue weighted by Gasteiger charge is -2.20. The summed E-state index contributed by atoms with van der Waals surface area (Å²) in [5, 5.41) is 6.35. The van der Waals surface area contributed by atoms with Gasteiger partial charge < -0.3 is 10.1 Å². The summed E-state index contributed by atoms with van der Waals surface area (Å²) < 4.78 is 5.36. The van der Waals surface area contributed by atoms with Gasteiger partial charge in [0.15, 0.2) is 0 Å². The van der Waals surface area contributed by atoms with E-state index in [4.69, 9.17) is 16.3 Å². The van der Waals surface area contributed by atoms with Crippen LogP contribution in [0.3, 0.4) is 0 Å². The smallest absolute Gasteiger partial charge is 0.412 e. The summed E-state index contributed by atoms with van der Waals surface area (Å²) in [7, 11) is 0. The third-order valence-corrected chi connectivity index (χ3v) is 5.61. The molecule has 3 aromatic rings. The Labute approximate surface area is 210 Å². The molecule has 0 atom stereocenters. The molecule has 0 spiro atoms. The minimum Gasteiger partial charge on any atom is -0.444 e. The molecule has 0 aliphatic carbocycles. The van der Waals surface area contributed by atoms with Crippen molar-refractivity contribution in [2.45, 2.75) is 45.6 Å². The second kappa shape index (κ2) is 10.3. The van der Waals surface area contributed by atoms with Gasteiger partial charge in [-0.3, -0.25) is 15.1 Å². The molecule has 7 heteroatoms. The molecule has 0 saturated heterocycles. The second-order valence-corrected chi connectivity index (χ2v) is 9.82. The molecule has 2 bridgehead atoms. The fraction of sp³-hybridized carbons (Fsp3) is 0.250. The van der Waals surface area contributed by atoms with Crippen LogP contribution in [-0.2, 0) is 9.53 Å². The van der Waals surface area contributed by atoms with E-state index in [-0.39, 0.29) is 5.91 Å². The number of pyridine rings is 1. The fourth-order valence-corrected chi connectivity index (χ4v) is 3.99. The standard InChI is InChI=1S/C28H28ClN3O3/c1-28(2,3)35-27(34)31-21-12-13-23-19-8-6-7-18(15-19)22(24-14-11-20(29)17-30-24)9-4-5-10-26(33)32-25(23)16-21/h6-9,11-17H,4-5,10H2,1-3H3,(H,31,34)(H,32,33). The summed E-state index contributed by atoms with van der Waals surface area (Å²) in [4.78, 5) is 29.5. The summed E-state index contributed by atoms with van der Waals surface area (Å²) in [5.74, 6) is -0.0861. The van der Waals surface area contributed by atoms with E-state index in [2.05, 4.69) is 27.8 Å². The molecule has 180 valence electrons. The lowest BCUT2D eigenvalue weighted by molar-refractivity contribution is -0.116. The summed E-state index contributed by atoms with van der Waals surface area (Å²) in [6.07, 6.45) is 5.00. The Morgan fingerprint density at radius 1 is 1.09 bits per heavy atom. The number of nitrogens with zero attached hydrogens (tertiary/aromatic N) is 1. The summed E-state index contributed by atoms with van der Waals surface area (Å²) in [6.45, 7) is 5.42. The topological polar surface area (TPSA) is 80.3 Å². The number of hydrogen-bond acceptors (Lipinski definition) is 4. The van der Waals surface area contributed by atoms with Gasteiger partial charge in [0, 0.05) is 29.4 Å². The van der Waals surface area contributed by atoms with Crippen LogP contribution in [0.4, 0.5) is 16.2 Å². The number of aromatic nitrogens is 1. The molecule has 0 fully saturated rings. The van der Waals surface area contributed by atoms with E-state index in [9.17, 15) is 9.59 Å². The van der Waals surface area contributed by atoms with E-state index in [0.717, 1.165) is 34.4 Å². The van der Waals surface area contributed by atoms with E-state index in [1.165, 1.54) is 0 Å². The molecule has 0 saturated carbocycles. The first-order valence-corrected chi connectivity index (χ1v) is 11.9. The highest BCUT2D eigenvalue weighted by Gasteiger charge is 2.18. The molecular formula is C28H28ClN3O3. The minimum absolute atomic E-state index is 0.0861. The van der Waals surface area contributed by atoms with E-state index in [1.54, 1.807) is 39.1 Å². The van der Waals surface area contributed by atoms with Crippen molar-refractivity contribution in [2.24, 2.45) is 0 Å². The first-order valence-electron chi connectivity index (χ1n) is 11.5. The molecular weight excluding hydrogens is 462 g/mol. The average Bonchev–Trinajstić information content (AvgIpc) is 2.78. The predicted molar refractivity (Wildman–Crippen MR) is 141 cm³/mol. The number of anilines is 2. The zero-order valence-corrected chi connectivity index (χ0v) is 20.8. The number of rotatable bonds is 2. The van der Waals surface area contributed by atoms with Gasteiger partial charge in [-0.1, -0.05) is 41.9 Å². The van der Waals surface area contributed by atoms with Gasteiger partial charge in [-0.15, -0.1) is 0 Å². The van der Waals surface area contributed by atoms with Crippen molar-refractivity contribution in [3.05, 3.63) is 83.2 Å². The predicted octanol–water partition coefficient (Wildman–Crippen LogP) is 7.30. The van der Waals surface area contributed by atoms with Crippen LogP contribution in [-0.4, -0.2) is 22.6 Å². The van der Waals surface area contributed by atoms with Crippen molar-refractivity contribution in [1.82, 2.24) is 4.98 Å². The first kappa shape index (κ1) is 24.5. The monoisotopic (exact) mass is 489 g/mol. The highest BCUT2D eigenvalue weighted by molar-refractivity contribution is 6.30. The van der Waals surface area contributed by atoms with Gasteiger partial charge in [0.05, 0.1) is 16.4 Å². The number of benzene rings is 2. The van der Waals surface area contributed by atoms with Gasteiger partial charge in [-0.2, -0.15) is 0 Å². The highest BCUT2D eigenvalue weighted by Crippen LogP contribution is 2.34. The normalized spacial score (nSPS) is 13.9. The van der Waals surface area contributed by atoms with Crippen LogP contribution in [0.15, 0.2) is 66.9 Å². The largest absolute Gasteiger partial charge is 0.444 e. The number of fused-ring (bicyclic) bond motifs is 4. The Hall–Kier alpha value is -3.64. The molecule has 1 aliphatic heterocycles. The summed E-state index contributed by atoms with van der Waals surface area (Å²) >= 11 is 6.05. The van der Waals surface area contributed by atoms with Gasteiger partial charge in [0.2, 0.25) is 5.91 Å². The third kappa shape index (κ3) is 6.49. The maximum atomic E-state index is 12.7. The van der Waals surface area contributed by atoms with Crippen molar-refractivity contribution in [3.63, 3.8) is 0 Å².